The van der Waals surface area contributed by atoms with Crippen molar-refractivity contribution in [2.24, 2.45) is 0 Å². The van der Waals surface area contributed by atoms with Gasteiger partial charge in [-0.3, -0.25) is 4.90 Å². The molecule has 0 amide bonds. The third-order valence-electron chi connectivity index (χ3n) is 3.75. The van der Waals surface area contributed by atoms with Crippen molar-refractivity contribution in [2.75, 3.05) is 32.3 Å². The second-order valence-corrected chi connectivity index (χ2v) is 6.14. The monoisotopic (exact) mass is 328 g/mol. The number of aryl methyl sites for hydroxylation is 1. The second kappa shape index (κ2) is 6.52. The number of thiocarbonyl (C=S) groups is 1. The number of aromatic nitrogens is 1. The normalized spacial score (nSPS) is 16.6. The third-order valence-corrected chi connectivity index (χ3v) is 4.28. The Labute approximate surface area is 141 Å². The molecule has 0 N–H and O–H groups in total. The van der Waals surface area contributed by atoms with E-state index in [1.807, 2.05) is 61.4 Å². The van der Waals surface area contributed by atoms with Gasteiger partial charge in [0.05, 0.1) is 13.3 Å². The van der Waals surface area contributed by atoms with E-state index in [9.17, 15) is 0 Å². The van der Waals surface area contributed by atoms with Crippen LogP contribution in [0, 0.1) is 6.92 Å². The molecule has 0 bridgehead atoms. The largest absolute Gasteiger partial charge is 0.354 e. The van der Waals surface area contributed by atoms with Crippen LogP contribution in [0.2, 0.25) is 0 Å². The van der Waals surface area contributed by atoms with Gasteiger partial charge in [0.25, 0.3) is 0 Å². The first-order valence-electron chi connectivity index (χ1n) is 7.47. The van der Waals surface area contributed by atoms with Crippen molar-refractivity contribution in [1.29, 1.82) is 0 Å². The molecular formula is C17H20N4OS. The first-order valence-corrected chi connectivity index (χ1v) is 7.87. The molecule has 0 spiro atoms. The maximum absolute atomic E-state index is 5.58. The minimum atomic E-state index is 0.720. The first-order chi connectivity index (χ1) is 11.1. The molecule has 1 aliphatic rings. The fourth-order valence-electron chi connectivity index (χ4n) is 2.70. The van der Waals surface area contributed by atoms with Crippen LogP contribution in [0.3, 0.4) is 0 Å². The van der Waals surface area contributed by atoms with Gasteiger partial charge in [-0.1, -0.05) is 41.6 Å². The van der Waals surface area contributed by atoms with Crippen LogP contribution >= 0.6 is 12.2 Å². The zero-order valence-corrected chi connectivity index (χ0v) is 14.4. The molecule has 1 fully saturated rings. The lowest BCUT2D eigenvalue weighted by atomic mass is 10.2. The van der Waals surface area contributed by atoms with Crippen molar-refractivity contribution in [3.05, 3.63) is 47.3 Å². The Morgan fingerprint density at radius 3 is 2.61 bits per heavy atom. The molecule has 0 aliphatic carbocycles. The quantitative estimate of drug-likeness (QED) is 0.806. The molecule has 1 saturated heterocycles. The van der Waals surface area contributed by atoms with E-state index in [0.29, 0.717) is 0 Å². The number of benzene rings is 1. The Balaban J connectivity index is 1.92. The second-order valence-electron chi connectivity index (χ2n) is 5.77. The van der Waals surface area contributed by atoms with Gasteiger partial charge in [-0.15, -0.1) is 0 Å². The Hall–Kier alpha value is -2.18. The lowest BCUT2D eigenvalue weighted by molar-refractivity contribution is 0.224. The summed E-state index contributed by atoms with van der Waals surface area (Å²) in [6, 6.07) is 10.1. The van der Waals surface area contributed by atoms with E-state index in [-0.39, 0.29) is 0 Å². The van der Waals surface area contributed by atoms with Gasteiger partial charge in [0, 0.05) is 7.05 Å². The maximum Gasteiger partial charge on any atom is 0.183 e. The molecule has 3 rings (SSSR count). The van der Waals surface area contributed by atoms with Gasteiger partial charge in [-0.25, -0.2) is 0 Å². The minimum absolute atomic E-state index is 0.720. The lowest BCUT2D eigenvalue weighted by Gasteiger charge is -2.40. The highest BCUT2D eigenvalue weighted by molar-refractivity contribution is 7.80. The maximum atomic E-state index is 5.58. The average Bonchev–Trinajstić information content (AvgIpc) is 2.90. The van der Waals surface area contributed by atoms with Crippen molar-refractivity contribution < 1.29 is 4.52 Å². The van der Waals surface area contributed by atoms with E-state index in [2.05, 4.69) is 22.0 Å². The predicted molar refractivity (Wildman–Crippen MR) is 96.9 cm³/mol. The fourth-order valence-corrected chi connectivity index (χ4v) is 2.90. The molecule has 1 aliphatic heterocycles. The minimum Gasteiger partial charge on any atom is -0.354 e. The molecule has 2 heterocycles. The summed E-state index contributed by atoms with van der Waals surface area (Å²) in [5, 5.41) is 4.91. The van der Waals surface area contributed by atoms with Crippen molar-refractivity contribution in [3.63, 3.8) is 0 Å². The fraction of sp³-hybridized carbons (Fsp3) is 0.294. The van der Waals surface area contributed by atoms with Gasteiger partial charge < -0.3 is 14.3 Å². The highest BCUT2D eigenvalue weighted by Gasteiger charge is 2.28. The van der Waals surface area contributed by atoms with Gasteiger partial charge >= 0.3 is 0 Å². The molecule has 5 nitrogen and oxygen atoms in total. The molecule has 0 radical (unpaired) electrons. The number of rotatable bonds is 3. The number of hydrogen-bond acceptors (Lipinski definition) is 4. The summed E-state index contributed by atoms with van der Waals surface area (Å²) in [6.45, 7) is 3.47. The lowest BCUT2D eigenvalue weighted by Crippen LogP contribution is -2.55. The Kier molecular flexibility index (Phi) is 4.45. The van der Waals surface area contributed by atoms with Crippen LogP contribution < -0.4 is 4.90 Å². The van der Waals surface area contributed by atoms with Gasteiger partial charge in [0.15, 0.2) is 10.9 Å². The van der Waals surface area contributed by atoms with Crippen molar-refractivity contribution in [1.82, 2.24) is 15.0 Å². The van der Waals surface area contributed by atoms with Crippen molar-refractivity contribution in [2.45, 2.75) is 6.92 Å². The van der Waals surface area contributed by atoms with Crippen LogP contribution in [0.5, 0.6) is 0 Å². The highest BCUT2D eigenvalue weighted by Crippen LogP contribution is 2.29. The van der Waals surface area contributed by atoms with E-state index in [1.165, 1.54) is 0 Å². The number of anilines is 1. The number of nitrogens with zero attached hydrogens (tertiary/aromatic N) is 4. The zero-order chi connectivity index (χ0) is 16.4. The molecule has 23 heavy (non-hydrogen) atoms. The van der Waals surface area contributed by atoms with Gasteiger partial charge in [0.1, 0.15) is 11.4 Å². The summed E-state index contributed by atoms with van der Waals surface area (Å²) >= 11 is 5.58. The summed E-state index contributed by atoms with van der Waals surface area (Å²) in [5.74, 6) is 0.720. The van der Waals surface area contributed by atoms with E-state index in [1.54, 1.807) is 0 Å². The zero-order valence-electron chi connectivity index (χ0n) is 13.6. The Bertz CT molecular complexity index is 725. The number of hydrogen-bond donors (Lipinski definition) is 0. The standard InChI is InChI=1S/C17H20N4OS/c1-13-16(21-12-19(2)11-20(3)17(21)23)15(22-18-13)10-9-14-7-5-4-6-8-14/h4-10H,11-12H2,1-3H3/b10-9+. The van der Waals surface area contributed by atoms with Crippen LogP contribution in [0.15, 0.2) is 34.9 Å². The topological polar surface area (TPSA) is 35.8 Å². The molecule has 0 saturated carbocycles. The van der Waals surface area contributed by atoms with Crippen LogP contribution in [-0.2, 0) is 0 Å². The predicted octanol–water partition coefficient (Wildman–Crippen LogP) is 3.04. The first kappa shape index (κ1) is 15.7. The van der Waals surface area contributed by atoms with Crippen LogP contribution in [0.1, 0.15) is 17.0 Å². The van der Waals surface area contributed by atoms with Crippen LogP contribution in [-0.4, -0.2) is 47.5 Å². The van der Waals surface area contributed by atoms with E-state index < -0.39 is 0 Å². The summed E-state index contributed by atoms with van der Waals surface area (Å²) < 4.78 is 5.51. The average molecular weight is 328 g/mol. The van der Waals surface area contributed by atoms with Gasteiger partial charge in [-0.05, 0) is 37.8 Å². The SMILES string of the molecule is Cc1noc(/C=C/c2ccccc2)c1N1CN(C)CN(C)C1=S. The molecule has 1 aromatic heterocycles. The molecule has 2 aromatic rings. The van der Waals surface area contributed by atoms with E-state index in [4.69, 9.17) is 16.7 Å². The molecule has 0 atom stereocenters. The third kappa shape index (κ3) is 3.28. The smallest absolute Gasteiger partial charge is 0.183 e. The summed E-state index contributed by atoms with van der Waals surface area (Å²) in [7, 11) is 4.06. The molecule has 1 aromatic carbocycles. The molecular weight excluding hydrogens is 308 g/mol. The highest BCUT2D eigenvalue weighted by atomic mass is 32.1. The van der Waals surface area contributed by atoms with E-state index in [0.717, 1.165) is 41.2 Å². The van der Waals surface area contributed by atoms with E-state index >= 15 is 0 Å². The summed E-state index contributed by atoms with van der Waals surface area (Å²) in [4.78, 5) is 6.29. The van der Waals surface area contributed by atoms with Gasteiger partial charge in [0.2, 0.25) is 0 Å². The van der Waals surface area contributed by atoms with Crippen molar-refractivity contribution >= 4 is 35.2 Å². The Morgan fingerprint density at radius 1 is 1.13 bits per heavy atom. The molecule has 6 heteroatoms. The van der Waals surface area contributed by atoms with Crippen molar-refractivity contribution in [3.8, 4) is 0 Å². The van der Waals surface area contributed by atoms with Gasteiger partial charge in [-0.2, -0.15) is 0 Å². The van der Waals surface area contributed by atoms with Crippen LogP contribution in [0.4, 0.5) is 5.69 Å². The van der Waals surface area contributed by atoms with Crippen LogP contribution in [0.25, 0.3) is 12.2 Å². The Morgan fingerprint density at radius 2 is 1.87 bits per heavy atom. The molecule has 120 valence electrons. The summed E-state index contributed by atoms with van der Waals surface area (Å²) in [6.07, 6.45) is 3.96. The molecule has 0 unspecified atom stereocenters. The summed E-state index contributed by atoms with van der Waals surface area (Å²) in [5.41, 5.74) is 2.88.